The third kappa shape index (κ3) is 2.40. The van der Waals surface area contributed by atoms with Crippen molar-refractivity contribution in [1.82, 2.24) is 14.9 Å². The van der Waals surface area contributed by atoms with Gasteiger partial charge in [0.25, 0.3) is 0 Å². The second kappa shape index (κ2) is 5.16. The van der Waals surface area contributed by atoms with Crippen molar-refractivity contribution in [3.63, 3.8) is 0 Å². The molecule has 102 valence electrons. The van der Waals surface area contributed by atoms with Gasteiger partial charge in [-0.25, -0.2) is 14.8 Å². The highest BCUT2D eigenvalue weighted by Crippen LogP contribution is 2.25. The van der Waals surface area contributed by atoms with Crippen molar-refractivity contribution in [1.29, 1.82) is 0 Å². The van der Waals surface area contributed by atoms with Crippen molar-refractivity contribution >= 4 is 11.8 Å². The number of primary amides is 1. The number of nitrogens with zero attached hydrogens (tertiary/aromatic N) is 3. The Labute approximate surface area is 116 Å². The zero-order valence-electron chi connectivity index (χ0n) is 10.9. The predicted octanol–water partition coefficient (Wildman–Crippen LogP) is 1.48. The summed E-state index contributed by atoms with van der Waals surface area (Å²) in [4.78, 5) is 21.3. The second-order valence-electron chi connectivity index (χ2n) is 4.68. The van der Waals surface area contributed by atoms with Crippen molar-refractivity contribution < 1.29 is 4.79 Å². The number of anilines is 1. The van der Waals surface area contributed by atoms with Crippen LogP contribution in [-0.2, 0) is 19.6 Å². The Bertz CT molecular complexity index is 629. The molecule has 0 saturated heterocycles. The maximum atomic E-state index is 11.2. The fourth-order valence-corrected chi connectivity index (χ4v) is 2.27. The summed E-state index contributed by atoms with van der Waals surface area (Å²) in [6.45, 7) is 1.59. The van der Waals surface area contributed by atoms with Gasteiger partial charge >= 0.3 is 6.03 Å². The lowest BCUT2D eigenvalue weighted by molar-refractivity contribution is 0.208. The normalized spacial score (nSPS) is 13.1. The molecule has 1 aromatic heterocycles. The molecule has 0 spiro atoms. The van der Waals surface area contributed by atoms with E-state index in [1.807, 2.05) is 30.3 Å². The Balaban J connectivity index is 1.76. The number of nitrogens with one attached hydrogen (secondary N) is 1. The quantitative estimate of drug-likeness (QED) is 0.884. The van der Waals surface area contributed by atoms with E-state index < -0.39 is 6.03 Å². The van der Waals surface area contributed by atoms with Gasteiger partial charge in [0.15, 0.2) is 0 Å². The SMILES string of the molecule is NC(=O)N1Cc2ncnc(NCc3ccccc3)c2C1. The van der Waals surface area contributed by atoms with Gasteiger partial charge in [0.2, 0.25) is 0 Å². The molecule has 2 heterocycles. The molecule has 0 unspecified atom stereocenters. The molecule has 2 aromatic rings. The molecule has 2 amide bonds. The smallest absolute Gasteiger partial charge is 0.315 e. The molecule has 0 bridgehead atoms. The highest BCUT2D eigenvalue weighted by atomic mass is 16.2. The summed E-state index contributed by atoms with van der Waals surface area (Å²) in [5.74, 6) is 0.766. The first-order valence-electron chi connectivity index (χ1n) is 6.39. The number of fused-ring (bicyclic) bond motifs is 1. The minimum Gasteiger partial charge on any atom is -0.366 e. The number of amides is 2. The molecular weight excluding hydrogens is 254 g/mol. The van der Waals surface area contributed by atoms with Gasteiger partial charge in [0, 0.05) is 12.1 Å². The topological polar surface area (TPSA) is 84.1 Å². The summed E-state index contributed by atoms with van der Waals surface area (Å²) in [5, 5.41) is 3.29. The number of benzene rings is 1. The first kappa shape index (κ1) is 12.4. The number of carbonyl (C=O) groups excluding carboxylic acids is 1. The van der Waals surface area contributed by atoms with Crippen LogP contribution in [0.5, 0.6) is 0 Å². The summed E-state index contributed by atoms with van der Waals surface area (Å²) >= 11 is 0. The number of aromatic nitrogens is 2. The Morgan fingerprint density at radius 3 is 2.80 bits per heavy atom. The van der Waals surface area contributed by atoms with Crippen LogP contribution >= 0.6 is 0 Å². The van der Waals surface area contributed by atoms with Gasteiger partial charge in [-0.2, -0.15) is 0 Å². The van der Waals surface area contributed by atoms with Crippen LogP contribution < -0.4 is 11.1 Å². The number of hydrogen-bond acceptors (Lipinski definition) is 4. The number of hydrogen-bond donors (Lipinski definition) is 2. The maximum absolute atomic E-state index is 11.2. The van der Waals surface area contributed by atoms with E-state index in [1.54, 1.807) is 4.90 Å². The van der Waals surface area contributed by atoms with E-state index in [2.05, 4.69) is 15.3 Å². The van der Waals surface area contributed by atoms with Crippen LogP contribution in [0.15, 0.2) is 36.7 Å². The largest absolute Gasteiger partial charge is 0.366 e. The number of carbonyl (C=O) groups is 1. The van der Waals surface area contributed by atoms with Crippen LogP contribution in [0.2, 0.25) is 0 Å². The predicted molar refractivity (Wildman–Crippen MR) is 74.6 cm³/mol. The molecule has 0 atom stereocenters. The van der Waals surface area contributed by atoms with Gasteiger partial charge in [-0.1, -0.05) is 30.3 Å². The van der Waals surface area contributed by atoms with Gasteiger partial charge in [-0.05, 0) is 5.56 Å². The third-order valence-corrected chi connectivity index (χ3v) is 3.34. The van der Waals surface area contributed by atoms with E-state index in [0.29, 0.717) is 19.6 Å². The van der Waals surface area contributed by atoms with Gasteiger partial charge in [0.05, 0.1) is 18.8 Å². The molecule has 1 aromatic carbocycles. The van der Waals surface area contributed by atoms with Gasteiger partial charge in [-0.3, -0.25) is 0 Å². The summed E-state index contributed by atoms with van der Waals surface area (Å²) in [7, 11) is 0. The fourth-order valence-electron chi connectivity index (χ4n) is 2.27. The molecule has 0 fully saturated rings. The van der Waals surface area contributed by atoms with Gasteiger partial charge in [0.1, 0.15) is 12.1 Å². The lowest BCUT2D eigenvalue weighted by atomic mass is 10.2. The zero-order chi connectivity index (χ0) is 13.9. The van der Waals surface area contributed by atoms with E-state index in [-0.39, 0.29) is 0 Å². The van der Waals surface area contributed by atoms with Crippen molar-refractivity contribution in [3.8, 4) is 0 Å². The second-order valence-corrected chi connectivity index (χ2v) is 4.68. The lowest BCUT2D eigenvalue weighted by Gasteiger charge is -2.11. The minimum absolute atomic E-state index is 0.433. The summed E-state index contributed by atoms with van der Waals surface area (Å²) in [6.07, 6.45) is 1.51. The molecule has 1 aliphatic rings. The molecular formula is C14H15N5O. The first-order valence-corrected chi connectivity index (χ1v) is 6.39. The molecule has 0 saturated carbocycles. The minimum atomic E-state index is -0.433. The summed E-state index contributed by atoms with van der Waals surface area (Å²) < 4.78 is 0. The van der Waals surface area contributed by atoms with E-state index in [4.69, 9.17) is 5.73 Å². The Morgan fingerprint density at radius 2 is 2.05 bits per heavy atom. The van der Waals surface area contributed by atoms with E-state index in [1.165, 1.54) is 11.9 Å². The molecule has 6 nitrogen and oxygen atoms in total. The monoisotopic (exact) mass is 269 g/mol. The van der Waals surface area contributed by atoms with Crippen LogP contribution in [0.25, 0.3) is 0 Å². The van der Waals surface area contributed by atoms with Crippen molar-refractivity contribution in [3.05, 3.63) is 53.5 Å². The number of rotatable bonds is 3. The van der Waals surface area contributed by atoms with E-state index in [0.717, 1.165) is 17.1 Å². The lowest BCUT2D eigenvalue weighted by Crippen LogP contribution is -2.30. The van der Waals surface area contributed by atoms with Crippen LogP contribution in [0.3, 0.4) is 0 Å². The van der Waals surface area contributed by atoms with Crippen LogP contribution in [0.4, 0.5) is 10.6 Å². The highest BCUT2D eigenvalue weighted by molar-refractivity contribution is 5.73. The fraction of sp³-hybridized carbons (Fsp3) is 0.214. The Hall–Kier alpha value is -2.63. The molecule has 20 heavy (non-hydrogen) atoms. The van der Waals surface area contributed by atoms with E-state index in [9.17, 15) is 4.79 Å². The zero-order valence-corrected chi connectivity index (χ0v) is 10.9. The average molecular weight is 269 g/mol. The molecule has 3 rings (SSSR count). The third-order valence-electron chi connectivity index (χ3n) is 3.34. The molecule has 0 aliphatic carbocycles. The van der Waals surface area contributed by atoms with Crippen LogP contribution in [0.1, 0.15) is 16.8 Å². The first-order chi connectivity index (χ1) is 9.74. The summed E-state index contributed by atoms with van der Waals surface area (Å²) in [6, 6.07) is 9.63. The standard InChI is InChI=1S/C14H15N5O/c15-14(20)19-7-11-12(8-19)17-9-18-13(11)16-6-10-4-2-1-3-5-10/h1-5,9H,6-8H2,(H2,15,20)(H,16,17,18). The van der Waals surface area contributed by atoms with E-state index >= 15 is 0 Å². The number of nitrogens with two attached hydrogens (primary N) is 1. The van der Waals surface area contributed by atoms with Gasteiger partial charge < -0.3 is 16.0 Å². The van der Waals surface area contributed by atoms with Crippen molar-refractivity contribution in [2.75, 3.05) is 5.32 Å². The Morgan fingerprint density at radius 1 is 1.25 bits per heavy atom. The Kier molecular flexibility index (Phi) is 3.20. The number of urea groups is 1. The molecule has 0 radical (unpaired) electrons. The maximum Gasteiger partial charge on any atom is 0.315 e. The van der Waals surface area contributed by atoms with Crippen LogP contribution in [-0.4, -0.2) is 20.9 Å². The molecule has 1 aliphatic heterocycles. The summed E-state index contributed by atoms with van der Waals surface area (Å²) in [5.41, 5.74) is 8.28. The van der Waals surface area contributed by atoms with Crippen molar-refractivity contribution in [2.45, 2.75) is 19.6 Å². The van der Waals surface area contributed by atoms with Gasteiger partial charge in [-0.15, -0.1) is 0 Å². The van der Waals surface area contributed by atoms with Crippen LogP contribution in [0, 0.1) is 0 Å². The van der Waals surface area contributed by atoms with Crippen molar-refractivity contribution in [2.24, 2.45) is 5.73 Å². The average Bonchev–Trinajstić information content (AvgIpc) is 2.91. The molecule has 3 N–H and O–H groups in total. The highest BCUT2D eigenvalue weighted by Gasteiger charge is 2.25. The molecule has 6 heteroatoms.